The predicted molar refractivity (Wildman–Crippen MR) is 105 cm³/mol. The molecule has 0 bridgehead atoms. The molecule has 0 saturated carbocycles. The molecule has 0 aliphatic rings. The quantitative estimate of drug-likeness (QED) is 0.576. The van der Waals surface area contributed by atoms with Crippen LogP contribution in [0.25, 0.3) is 0 Å². The number of carbonyl (C=O) groups excluding carboxylic acids is 3. The Bertz CT molecular complexity index is 1010. The van der Waals surface area contributed by atoms with Crippen LogP contribution in [0.5, 0.6) is 0 Å². The molecule has 0 aromatic heterocycles. The van der Waals surface area contributed by atoms with Crippen LogP contribution in [0.4, 0.5) is 4.79 Å². The Balaban J connectivity index is 2.08. The normalized spacial score (nSPS) is 10.8. The topological polar surface area (TPSA) is 131 Å². The van der Waals surface area contributed by atoms with Crippen LogP contribution in [0.3, 0.4) is 0 Å². The van der Waals surface area contributed by atoms with Crippen LogP contribution in [0.1, 0.15) is 21.5 Å². The zero-order chi connectivity index (χ0) is 21.4. The minimum Gasteiger partial charge on any atom is -0.452 e. The van der Waals surface area contributed by atoms with E-state index in [1.165, 1.54) is 25.2 Å². The second-order valence-electron chi connectivity index (χ2n) is 5.99. The van der Waals surface area contributed by atoms with Gasteiger partial charge >= 0.3 is 12.0 Å². The van der Waals surface area contributed by atoms with E-state index in [1.807, 2.05) is 11.4 Å². The van der Waals surface area contributed by atoms with Crippen LogP contribution in [0.2, 0.25) is 0 Å². The Morgan fingerprint density at radius 1 is 1.03 bits per heavy atom. The number of carbonyl (C=O) groups is 3. The molecule has 2 rings (SSSR count). The molecule has 0 spiro atoms. The largest absolute Gasteiger partial charge is 0.452 e. The maximum Gasteiger partial charge on any atom is 0.338 e. The molecule has 0 aliphatic heterocycles. The first-order valence-electron chi connectivity index (χ1n) is 8.56. The van der Waals surface area contributed by atoms with Gasteiger partial charge in [0.2, 0.25) is 10.0 Å². The van der Waals surface area contributed by atoms with Crippen molar-refractivity contribution >= 4 is 27.9 Å². The van der Waals surface area contributed by atoms with Gasteiger partial charge in [0.15, 0.2) is 6.61 Å². The number of sulfonamides is 1. The maximum absolute atomic E-state index is 12.5. The summed E-state index contributed by atoms with van der Waals surface area (Å²) in [5.41, 5.74) is 1.26. The first-order valence-corrected chi connectivity index (χ1v) is 10.0. The van der Waals surface area contributed by atoms with Crippen LogP contribution in [0, 0.1) is 6.92 Å². The molecule has 2 aromatic rings. The number of ether oxygens (including phenoxy) is 1. The molecule has 2 aromatic carbocycles. The molecule has 0 saturated heterocycles. The van der Waals surface area contributed by atoms with Gasteiger partial charge in [-0.1, -0.05) is 36.4 Å². The Kier molecular flexibility index (Phi) is 7.46. The molecule has 0 aliphatic carbocycles. The summed E-state index contributed by atoms with van der Waals surface area (Å²) in [5, 5.41) is 4.13. The van der Waals surface area contributed by atoms with E-state index in [0.29, 0.717) is 5.56 Å². The van der Waals surface area contributed by atoms with Crippen LogP contribution in [-0.4, -0.2) is 40.0 Å². The van der Waals surface area contributed by atoms with Crippen molar-refractivity contribution in [2.45, 2.75) is 18.4 Å². The third kappa shape index (κ3) is 6.40. The summed E-state index contributed by atoms with van der Waals surface area (Å²) in [6, 6.07) is 12.3. The lowest BCUT2D eigenvalue weighted by Crippen LogP contribution is -2.39. The lowest BCUT2D eigenvalue weighted by molar-refractivity contribution is -0.123. The van der Waals surface area contributed by atoms with Gasteiger partial charge in [0.05, 0.1) is 10.5 Å². The predicted octanol–water partition coefficient (Wildman–Crippen LogP) is 1.09. The van der Waals surface area contributed by atoms with Gasteiger partial charge < -0.3 is 10.1 Å². The van der Waals surface area contributed by atoms with Gasteiger partial charge in [0.1, 0.15) is 0 Å². The van der Waals surface area contributed by atoms with E-state index in [1.54, 1.807) is 31.2 Å². The van der Waals surface area contributed by atoms with Gasteiger partial charge in [0, 0.05) is 13.6 Å². The second-order valence-corrected chi connectivity index (χ2v) is 7.76. The van der Waals surface area contributed by atoms with E-state index < -0.39 is 34.5 Å². The van der Waals surface area contributed by atoms with Crippen molar-refractivity contribution < 1.29 is 27.5 Å². The standard InChI is InChI=1S/C19H21N3O6S/c1-13-8-9-15(29(26,27)21-11-14-6-4-3-5-7-14)10-16(13)18(24)28-12-17(23)22-19(25)20-2/h3-10,21H,11-12H2,1-2H3,(H2,20,22,23,25). The van der Waals surface area contributed by atoms with Gasteiger partial charge in [-0.3, -0.25) is 10.1 Å². The fraction of sp³-hybridized carbons (Fsp3) is 0.211. The molecule has 29 heavy (non-hydrogen) atoms. The zero-order valence-corrected chi connectivity index (χ0v) is 16.7. The maximum atomic E-state index is 12.5. The highest BCUT2D eigenvalue weighted by Crippen LogP contribution is 2.17. The van der Waals surface area contributed by atoms with E-state index in [0.717, 1.165) is 5.56 Å². The van der Waals surface area contributed by atoms with E-state index in [9.17, 15) is 22.8 Å². The van der Waals surface area contributed by atoms with Crippen LogP contribution >= 0.6 is 0 Å². The summed E-state index contributed by atoms with van der Waals surface area (Å²) in [5.74, 6) is -1.70. The minimum absolute atomic E-state index is 0.000305. The fourth-order valence-electron chi connectivity index (χ4n) is 2.28. The molecule has 0 radical (unpaired) electrons. The third-order valence-electron chi connectivity index (χ3n) is 3.86. The van der Waals surface area contributed by atoms with Crippen molar-refractivity contribution in [2.75, 3.05) is 13.7 Å². The number of rotatable bonds is 7. The average molecular weight is 419 g/mol. The number of benzene rings is 2. The lowest BCUT2D eigenvalue weighted by atomic mass is 10.1. The molecule has 0 heterocycles. The van der Waals surface area contributed by atoms with Gasteiger partial charge in [0.25, 0.3) is 5.91 Å². The average Bonchev–Trinajstić information content (AvgIpc) is 2.71. The van der Waals surface area contributed by atoms with Crippen molar-refractivity contribution in [1.29, 1.82) is 0 Å². The van der Waals surface area contributed by atoms with Crippen molar-refractivity contribution in [1.82, 2.24) is 15.4 Å². The lowest BCUT2D eigenvalue weighted by Gasteiger charge is -2.11. The van der Waals surface area contributed by atoms with E-state index in [4.69, 9.17) is 4.74 Å². The number of amides is 3. The third-order valence-corrected chi connectivity index (χ3v) is 5.26. The van der Waals surface area contributed by atoms with Crippen molar-refractivity contribution in [3.8, 4) is 0 Å². The Labute approximate surface area is 168 Å². The highest BCUT2D eigenvalue weighted by atomic mass is 32.2. The van der Waals surface area contributed by atoms with Crippen molar-refractivity contribution in [3.63, 3.8) is 0 Å². The van der Waals surface area contributed by atoms with Crippen LogP contribution in [0.15, 0.2) is 53.4 Å². The summed E-state index contributed by atoms with van der Waals surface area (Å²) in [7, 11) is -2.54. The van der Waals surface area contributed by atoms with Crippen LogP contribution < -0.4 is 15.4 Å². The molecule has 0 atom stereocenters. The van der Waals surface area contributed by atoms with Crippen molar-refractivity contribution in [2.24, 2.45) is 0 Å². The van der Waals surface area contributed by atoms with Gasteiger partial charge in [-0.15, -0.1) is 0 Å². The highest BCUT2D eigenvalue weighted by Gasteiger charge is 2.19. The Morgan fingerprint density at radius 2 is 1.72 bits per heavy atom. The Morgan fingerprint density at radius 3 is 2.38 bits per heavy atom. The summed E-state index contributed by atoms with van der Waals surface area (Å²) >= 11 is 0. The summed E-state index contributed by atoms with van der Waals surface area (Å²) < 4.78 is 32.4. The first-order chi connectivity index (χ1) is 13.7. The van der Waals surface area contributed by atoms with E-state index in [2.05, 4.69) is 10.0 Å². The number of hydrogen-bond donors (Lipinski definition) is 3. The number of urea groups is 1. The number of imide groups is 1. The fourth-order valence-corrected chi connectivity index (χ4v) is 3.32. The van der Waals surface area contributed by atoms with Gasteiger partial charge in [-0.25, -0.2) is 22.7 Å². The minimum atomic E-state index is -3.87. The van der Waals surface area contributed by atoms with E-state index >= 15 is 0 Å². The smallest absolute Gasteiger partial charge is 0.338 e. The number of hydrogen-bond acceptors (Lipinski definition) is 6. The number of nitrogens with one attached hydrogen (secondary N) is 3. The van der Waals surface area contributed by atoms with E-state index in [-0.39, 0.29) is 17.0 Å². The molecule has 9 nitrogen and oxygen atoms in total. The molecular formula is C19H21N3O6S. The summed E-state index contributed by atoms with van der Waals surface area (Å²) in [4.78, 5) is 34.7. The molecule has 3 N–H and O–H groups in total. The van der Waals surface area contributed by atoms with Gasteiger partial charge in [-0.05, 0) is 30.2 Å². The highest BCUT2D eigenvalue weighted by molar-refractivity contribution is 7.89. The molecule has 0 fully saturated rings. The SMILES string of the molecule is CNC(=O)NC(=O)COC(=O)c1cc(S(=O)(=O)NCc2ccccc2)ccc1C. The summed E-state index contributed by atoms with van der Waals surface area (Å²) in [6.45, 7) is 1.01. The number of aryl methyl sites for hydroxylation is 1. The van der Waals surface area contributed by atoms with Gasteiger partial charge in [-0.2, -0.15) is 0 Å². The molecule has 10 heteroatoms. The zero-order valence-electron chi connectivity index (χ0n) is 15.9. The number of esters is 1. The molecule has 3 amide bonds. The molecule has 154 valence electrons. The van der Waals surface area contributed by atoms with Crippen LogP contribution in [-0.2, 0) is 26.1 Å². The van der Waals surface area contributed by atoms with Crippen molar-refractivity contribution in [3.05, 3.63) is 65.2 Å². The second kappa shape index (κ2) is 9.80. The molecule has 0 unspecified atom stereocenters. The molecular weight excluding hydrogens is 398 g/mol. The summed E-state index contributed by atoms with van der Waals surface area (Å²) in [6.07, 6.45) is 0. The first kappa shape index (κ1) is 22.1. The monoisotopic (exact) mass is 419 g/mol. The Hall–Kier alpha value is -3.24.